The van der Waals surface area contributed by atoms with Crippen LogP contribution in [0.4, 0.5) is 0 Å². The molecule has 4 nitrogen and oxygen atoms in total. The Morgan fingerprint density at radius 3 is 2.81 bits per heavy atom. The molecular weight excluding hydrogens is 262 g/mol. The first-order valence-electron chi connectivity index (χ1n) is 7.68. The summed E-state index contributed by atoms with van der Waals surface area (Å²) in [5, 5.41) is 3.36. The van der Waals surface area contributed by atoms with Gasteiger partial charge in [0.1, 0.15) is 11.6 Å². The number of hydrogen-bond acceptors (Lipinski definition) is 3. The Morgan fingerprint density at radius 1 is 1.29 bits per heavy atom. The number of likely N-dealkylation sites (N-methyl/N-ethyl adjacent to an activating group) is 1. The van der Waals surface area contributed by atoms with Crippen molar-refractivity contribution < 1.29 is 4.74 Å². The van der Waals surface area contributed by atoms with Crippen LogP contribution in [-0.4, -0.2) is 29.2 Å². The molecule has 0 aliphatic heterocycles. The van der Waals surface area contributed by atoms with E-state index < -0.39 is 0 Å². The average molecular weight is 287 g/mol. The molecule has 2 aromatic rings. The largest absolute Gasteiger partial charge is 0.494 e. The highest BCUT2D eigenvalue weighted by Crippen LogP contribution is 2.10. The number of ether oxygens (including phenoxy) is 1. The van der Waals surface area contributed by atoms with Crippen molar-refractivity contribution in [2.75, 3.05) is 13.7 Å². The smallest absolute Gasteiger partial charge is 0.119 e. The number of aromatic nitrogens is 2. The Labute approximate surface area is 127 Å². The molecule has 114 valence electrons. The number of benzene rings is 1. The maximum Gasteiger partial charge on any atom is 0.119 e. The predicted octanol–water partition coefficient (Wildman–Crippen LogP) is 2.89. The van der Waals surface area contributed by atoms with Crippen LogP contribution in [0.5, 0.6) is 5.75 Å². The zero-order valence-electron chi connectivity index (χ0n) is 13.0. The Kier molecular flexibility index (Phi) is 6.28. The molecule has 0 aliphatic rings. The van der Waals surface area contributed by atoms with Gasteiger partial charge in [-0.3, -0.25) is 0 Å². The maximum atomic E-state index is 5.77. The zero-order chi connectivity index (χ0) is 14.9. The molecule has 21 heavy (non-hydrogen) atoms. The van der Waals surface area contributed by atoms with E-state index in [1.54, 1.807) is 0 Å². The maximum absolute atomic E-state index is 5.77. The topological polar surface area (TPSA) is 39.1 Å². The highest BCUT2D eigenvalue weighted by atomic mass is 16.5. The fourth-order valence-electron chi connectivity index (χ4n) is 2.38. The summed E-state index contributed by atoms with van der Waals surface area (Å²) in [6, 6.07) is 10.3. The van der Waals surface area contributed by atoms with Crippen molar-refractivity contribution in [1.82, 2.24) is 14.9 Å². The van der Waals surface area contributed by atoms with Crippen molar-refractivity contribution in [2.24, 2.45) is 0 Å². The number of hydrogen-bond donors (Lipinski definition) is 1. The SMILES string of the molecule is CCCn1ccnc1CC(CCOc1ccccc1)NC. The second kappa shape index (κ2) is 8.47. The third-order valence-electron chi connectivity index (χ3n) is 3.58. The Morgan fingerprint density at radius 2 is 2.10 bits per heavy atom. The second-order valence-corrected chi connectivity index (χ2v) is 5.18. The minimum Gasteiger partial charge on any atom is -0.494 e. The van der Waals surface area contributed by atoms with Gasteiger partial charge in [-0.25, -0.2) is 4.98 Å². The van der Waals surface area contributed by atoms with E-state index in [9.17, 15) is 0 Å². The van der Waals surface area contributed by atoms with E-state index in [1.807, 2.05) is 43.6 Å². The van der Waals surface area contributed by atoms with Gasteiger partial charge in [0, 0.05) is 31.4 Å². The lowest BCUT2D eigenvalue weighted by Crippen LogP contribution is -2.30. The molecule has 1 heterocycles. The standard InChI is InChI=1S/C17H25N3O/c1-3-11-20-12-10-19-17(20)14-15(18-2)9-13-21-16-7-5-4-6-8-16/h4-8,10,12,15,18H,3,9,11,13-14H2,1-2H3. The summed E-state index contributed by atoms with van der Waals surface area (Å²) in [5.74, 6) is 2.08. The number of rotatable bonds is 9. The Hall–Kier alpha value is -1.81. The minimum absolute atomic E-state index is 0.381. The molecule has 0 amide bonds. The highest BCUT2D eigenvalue weighted by molar-refractivity contribution is 5.20. The van der Waals surface area contributed by atoms with E-state index in [4.69, 9.17) is 4.74 Å². The lowest BCUT2D eigenvalue weighted by atomic mass is 10.1. The molecule has 0 aliphatic carbocycles. The number of imidazole rings is 1. The first kappa shape index (κ1) is 15.6. The summed E-state index contributed by atoms with van der Waals surface area (Å²) < 4.78 is 8.01. The fourth-order valence-corrected chi connectivity index (χ4v) is 2.38. The Balaban J connectivity index is 1.81. The number of aryl methyl sites for hydroxylation is 1. The molecule has 1 aromatic carbocycles. The predicted molar refractivity (Wildman–Crippen MR) is 85.6 cm³/mol. The van der Waals surface area contributed by atoms with Crippen molar-refractivity contribution in [3.63, 3.8) is 0 Å². The van der Waals surface area contributed by atoms with E-state index in [0.29, 0.717) is 12.6 Å². The second-order valence-electron chi connectivity index (χ2n) is 5.18. The van der Waals surface area contributed by atoms with Crippen LogP contribution in [0.25, 0.3) is 0 Å². The van der Waals surface area contributed by atoms with E-state index in [-0.39, 0.29) is 0 Å². The highest BCUT2D eigenvalue weighted by Gasteiger charge is 2.11. The lowest BCUT2D eigenvalue weighted by Gasteiger charge is -2.17. The van der Waals surface area contributed by atoms with Gasteiger partial charge in [0.05, 0.1) is 6.61 Å². The molecule has 0 bridgehead atoms. The van der Waals surface area contributed by atoms with E-state index in [2.05, 4.69) is 28.0 Å². The van der Waals surface area contributed by atoms with E-state index in [0.717, 1.165) is 37.4 Å². The molecule has 0 radical (unpaired) electrons. The van der Waals surface area contributed by atoms with Crippen LogP contribution >= 0.6 is 0 Å². The fraction of sp³-hybridized carbons (Fsp3) is 0.471. The van der Waals surface area contributed by atoms with Gasteiger partial charge >= 0.3 is 0 Å². The quantitative estimate of drug-likeness (QED) is 0.771. The summed E-state index contributed by atoms with van der Waals surface area (Å²) in [6.45, 7) is 3.93. The molecule has 0 fully saturated rings. The third-order valence-corrected chi connectivity index (χ3v) is 3.58. The van der Waals surface area contributed by atoms with Crippen molar-refractivity contribution in [1.29, 1.82) is 0 Å². The molecule has 1 unspecified atom stereocenters. The van der Waals surface area contributed by atoms with Crippen LogP contribution in [0, 0.1) is 0 Å². The first-order chi connectivity index (χ1) is 10.3. The average Bonchev–Trinajstić information content (AvgIpc) is 2.95. The molecule has 1 aromatic heterocycles. The van der Waals surface area contributed by atoms with Crippen molar-refractivity contribution in [2.45, 2.75) is 38.8 Å². The van der Waals surface area contributed by atoms with Gasteiger partial charge in [-0.15, -0.1) is 0 Å². The van der Waals surface area contributed by atoms with Gasteiger partial charge in [-0.1, -0.05) is 25.1 Å². The summed E-state index contributed by atoms with van der Waals surface area (Å²) in [4.78, 5) is 4.47. The summed E-state index contributed by atoms with van der Waals surface area (Å²) in [7, 11) is 2.00. The Bertz CT molecular complexity index is 510. The van der Waals surface area contributed by atoms with Gasteiger partial charge in [-0.05, 0) is 32.0 Å². The van der Waals surface area contributed by atoms with Crippen LogP contribution in [-0.2, 0) is 13.0 Å². The zero-order valence-corrected chi connectivity index (χ0v) is 13.0. The molecule has 0 saturated carbocycles. The molecule has 1 N–H and O–H groups in total. The van der Waals surface area contributed by atoms with Crippen LogP contribution in [0.1, 0.15) is 25.6 Å². The van der Waals surface area contributed by atoms with Gasteiger partial charge in [-0.2, -0.15) is 0 Å². The minimum atomic E-state index is 0.381. The van der Waals surface area contributed by atoms with Gasteiger partial charge < -0.3 is 14.6 Å². The first-order valence-corrected chi connectivity index (χ1v) is 7.68. The normalized spacial score (nSPS) is 12.3. The van der Waals surface area contributed by atoms with E-state index in [1.165, 1.54) is 0 Å². The molecule has 0 spiro atoms. The molecular formula is C17H25N3O. The van der Waals surface area contributed by atoms with Crippen molar-refractivity contribution >= 4 is 0 Å². The molecule has 0 saturated heterocycles. The summed E-state index contributed by atoms with van der Waals surface area (Å²) in [6.07, 6.45) is 6.97. The van der Waals surface area contributed by atoms with Gasteiger partial charge in [0.2, 0.25) is 0 Å². The summed E-state index contributed by atoms with van der Waals surface area (Å²) in [5.41, 5.74) is 0. The monoisotopic (exact) mass is 287 g/mol. The third kappa shape index (κ3) is 4.90. The molecule has 4 heteroatoms. The molecule has 1 atom stereocenters. The summed E-state index contributed by atoms with van der Waals surface area (Å²) >= 11 is 0. The molecule has 2 rings (SSSR count). The number of nitrogens with zero attached hydrogens (tertiary/aromatic N) is 2. The van der Waals surface area contributed by atoms with Crippen LogP contribution in [0.15, 0.2) is 42.7 Å². The van der Waals surface area contributed by atoms with Crippen molar-refractivity contribution in [3.05, 3.63) is 48.5 Å². The van der Waals surface area contributed by atoms with Gasteiger partial charge in [0.25, 0.3) is 0 Å². The van der Waals surface area contributed by atoms with E-state index >= 15 is 0 Å². The number of nitrogens with one attached hydrogen (secondary N) is 1. The lowest BCUT2D eigenvalue weighted by molar-refractivity contribution is 0.287. The van der Waals surface area contributed by atoms with Crippen LogP contribution in [0.3, 0.4) is 0 Å². The van der Waals surface area contributed by atoms with Gasteiger partial charge in [0.15, 0.2) is 0 Å². The number of para-hydroxylation sites is 1. The van der Waals surface area contributed by atoms with Crippen LogP contribution in [0.2, 0.25) is 0 Å². The van der Waals surface area contributed by atoms with Crippen LogP contribution < -0.4 is 10.1 Å². The van der Waals surface area contributed by atoms with Crippen molar-refractivity contribution in [3.8, 4) is 5.75 Å².